The molecule has 34 heavy (non-hydrogen) atoms. The van der Waals surface area contributed by atoms with E-state index in [0.29, 0.717) is 39.3 Å². The normalized spacial score (nSPS) is 11.2. The number of hydrogen-bond donors (Lipinski definition) is 0. The minimum Gasteiger partial charge on any atom is -0.496 e. The summed E-state index contributed by atoms with van der Waals surface area (Å²) >= 11 is 1.41. The number of amides is 1. The van der Waals surface area contributed by atoms with Gasteiger partial charge in [0.15, 0.2) is 0 Å². The van der Waals surface area contributed by atoms with Crippen molar-refractivity contribution in [1.82, 2.24) is 9.80 Å². The second kappa shape index (κ2) is 10.9. The minimum atomic E-state index is -0.575. The molecule has 0 atom stereocenters. The first kappa shape index (κ1) is 25.6. The smallest absolute Gasteiger partial charge is 0.414 e. The Kier molecular flexibility index (Phi) is 8.22. The monoisotopic (exact) mass is 488 g/mol. The van der Waals surface area contributed by atoms with E-state index in [9.17, 15) is 9.59 Å². The van der Waals surface area contributed by atoms with Gasteiger partial charge >= 0.3 is 11.7 Å². The van der Waals surface area contributed by atoms with Gasteiger partial charge in [-0.15, -0.1) is 11.8 Å². The van der Waals surface area contributed by atoms with E-state index in [0.717, 1.165) is 5.75 Å². The number of benzene rings is 2. The SMILES string of the molecule is CCSc1cccc(Cc2c(CN(C)C)c3c(OC)cc(OC(=O)N(C)C)cc3oc2=O)c1F. The first-order chi connectivity index (χ1) is 16.2. The standard InChI is InChI=1S/C25H29FN2O5S/c1-7-34-21-10-8-9-15(23(21)26)11-17-18(14-27(2)3)22-19(31-6)12-16(32-25(30)28(4)5)13-20(22)33-24(17)29/h8-10,12-13H,7,11,14H2,1-6H3. The number of methoxy groups -OCH3 is 1. The summed E-state index contributed by atoms with van der Waals surface area (Å²) in [6.07, 6.45) is -0.500. The fourth-order valence-electron chi connectivity index (χ4n) is 3.61. The Bertz CT molecular complexity index is 1260. The Morgan fingerprint density at radius 3 is 2.50 bits per heavy atom. The van der Waals surface area contributed by atoms with Crippen LogP contribution in [0.25, 0.3) is 11.0 Å². The van der Waals surface area contributed by atoms with Crippen molar-refractivity contribution in [1.29, 1.82) is 0 Å². The van der Waals surface area contributed by atoms with Crippen LogP contribution in [0.5, 0.6) is 11.5 Å². The molecular formula is C25H29FN2O5S. The molecule has 0 bridgehead atoms. The molecular weight excluding hydrogens is 459 g/mol. The lowest BCUT2D eigenvalue weighted by atomic mass is 9.97. The average Bonchev–Trinajstić information content (AvgIpc) is 2.77. The van der Waals surface area contributed by atoms with E-state index < -0.39 is 11.7 Å². The highest BCUT2D eigenvalue weighted by molar-refractivity contribution is 7.99. The van der Waals surface area contributed by atoms with E-state index in [4.69, 9.17) is 13.9 Å². The zero-order chi connectivity index (χ0) is 25.0. The van der Waals surface area contributed by atoms with Gasteiger partial charge in [0.1, 0.15) is 22.9 Å². The van der Waals surface area contributed by atoms with Crippen LogP contribution in [0.3, 0.4) is 0 Å². The molecule has 2 aromatic carbocycles. The van der Waals surface area contributed by atoms with Crippen LogP contribution in [-0.2, 0) is 13.0 Å². The van der Waals surface area contributed by atoms with Gasteiger partial charge in [-0.1, -0.05) is 19.1 Å². The molecule has 0 saturated heterocycles. The Hall–Kier alpha value is -3.04. The maximum Gasteiger partial charge on any atom is 0.414 e. The van der Waals surface area contributed by atoms with Gasteiger partial charge in [0.05, 0.1) is 12.5 Å². The van der Waals surface area contributed by atoms with E-state index in [2.05, 4.69) is 0 Å². The summed E-state index contributed by atoms with van der Waals surface area (Å²) in [6, 6.07) is 8.26. The molecule has 0 aliphatic carbocycles. The zero-order valence-electron chi connectivity index (χ0n) is 20.2. The first-order valence-corrected chi connectivity index (χ1v) is 11.7. The largest absolute Gasteiger partial charge is 0.496 e. The Morgan fingerprint density at radius 2 is 1.88 bits per heavy atom. The lowest BCUT2D eigenvalue weighted by Crippen LogP contribution is -2.25. The molecule has 0 spiro atoms. The van der Waals surface area contributed by atoms with Crippen LogP contribution in [0, 0.1) is 5.82 Å². The molecule has 182 valence electrons. The number of ether oxygens (including phenoxy) is 2. The molecule has 0 aliphatic heterocycles. The molecule has 7 nitrogen and oxygen atoms in total. The summed E-state index contributed by atoms with van der Waals surface area (Å²) in [4.78, 5) is 28.9. The molecule has 3 aromatic rings. The van der Waals surface area contributed by atoms with Crippen LogP contribution in [0.2, 0.25) is 0 Å². The third kappa shape index (κ3) is 5.53. The number of thioether (sulfide) groups is 1. The number of carbonyl (C=O) groups excluding carboxylic acids is 1. The lowest BCUT2D eigenvalue weighted by Gasteiger charge is -2.19. The van der Waals surface area contributed by atoms with Gasteiger partial charge in [0.25, 0.3) is 0 Å². The molecule has 0 aliphatic rings. The van der Waals surface area contributed by atoms with E-state index in [-0.39, 0.29) is 23.6 Å². The van der Waals surface area contributed by atoms with Crippen LogP contribution in [0.15, 0.2) is 44.4 Å². The molecule has 0 fully saturated rings. The highest BCUT2D eigenvalue weighted by Crippen LogP contribution is 2.36. The van der Waals surface area contributed by atoms with Gasteiger partial charge in [0, 0.05) is 49.7 Å². The summed E-state index contributed by atoms with van der Waals surface area (Å²) < 4.78 is 31.7. The lowest BCUT2D eigenvalue weighted by molar-refractivity contribution is 0.172. The molecule has 1 heterocycles. The fraction of sp³-hybridized carbons (Fsp3) is 0.360. The second-order valence-electron chi connectivity index (χ2n) is 8.18. The van der Waals surface area contributed by atoms with Crippen LogP contribution in [0.1, 0.15) is 23.6 Å². The van der Waals surface area contributed by atoms with E-state index in [1.807, 2.05) is 25.9 Å². The maximum absolute atomic E-state index is 15.1. The second-order valence-corrected chi connectivity index (χ2v) is 9.49. The first-order valence-electron chi connectivity index (χ1n) is 10.8. The van der Waals surface area contributed by atoms with Gasteiger partial charge in [0.2, 0.25) is 0 Å². The molecule has 1 amide bonds. The minimum absolute atomic E-state index is 0.0753. The van der Waals surface area contributed by atoms with Crippen molar-refractivity contribution in [3.8, 4) is 11.5 Å². The predicted octanol–water partition coefficient (Wildman–Crippen LogP) is 4.77. The van der Waals surface area contributed by atoms with Gasteiger partial charge in [-0.25, -0.2) is 14.0 Å². The number of rotatable bonds is 8. The highest BCUT2D eigenvalue weighted by Gasteiger charge is 2.22. The number of carbonyl (C=O) groups is 1. The Balaban J connectivity index is 2.21. The van der Waals surface area contributed by atoms with E-state index >= 15 is 4.39 Å². The summed E-state index contributed by atoms with van der Waals surface area (Å²) in [5.41, 5.74) is 1.10. The van der Waals surface area contributed by atoms with Crippen molar-refractivity contribution in [3.63, 3.8) is 0 Å². The molecule has 1 aromatic heterocycles. The Labute approximate surface area is 202 Å². The third-order valence-electron chi connectivity index (χ3n) is 5.13. The number of hydrogen-bond acceptors (Lipinski definition) is 7. The van der Waals surface area contributed by atoms with E-state index in [1.54, 1.807) is 38.4 Å². The van der Waals surface area contributed by atoms with Gasteiger partial charge in [-0.2, -0.15) is 0 Å². The fourth-order valence-corrected chi connectivity index (χ4v) is 4.35. The van der Waals surface area contributed by atoms with Crippen molar-refractivity contribution in [3.05, 3.63) is 63.3 Å². The van der Waals surface area contributed by atoms with Crippen molar-refractivity contribution in [2.45, 2.75) is 24.8 Å². The summed E-state index contributed by atoms with van der Waals surface area (Å²) in [7, 11) is 8.37. The predicted molar refractivity (Wildman–Crippen MR) is 132 cm³/mol. The van der Waals surface area contributed by atoms with Gasteiger partial charge < -0.3 is 23.7 Å². The summed E-state index contributed by atoms with van der Waals surface area (Å²) in [5, 5.41) is 0.579. The zero-order valence-corrected chi connectivity index (χ0v) is 21.0. The molecule has 0 radical (unpaired) electrons. The van der Waals surface area contributed by atoms with Crippen LogP contribution in [-0.4, -0.2) is 56.9 Å². The summed E-state index contributed by atoms with van der Waals surface area (Å²) in [5.74, 6) is 0.978. The van der Waals surface area contributed by atoms with Crippen LogP contribution in [0.4, 0.5) is 9.18 Å². The molecule has 0 N–H and O–H groups in total. The quantitative estimate of drug-likeness (QED) is 0.334. The summed E-state index contributed by atoms with van der Waals surface area (Å²) in [6.45, 7) is 2.36. The van der Waals surface area contributed by atoms with Gasteiger partial charge in [-0.05, 0) is 37.0 Å². The number of halogens is 1. The average molecular weight is 489 g/mol. The van der Waals surface area contributed by atoms with Crippen LogP contribution < -0.4 is 15.1 Å². The van der Waals surface area contributed by atoms with Crippen molar-refractivity contribution >= 4 is 28.8 Å². The molecule has 3 rings (SSSR count). The number of nitrogens with zero attached hydrogens (tertiary/aromatic N) is 2. The maximum atomic E-state index is 15.1. The molecule has 9 heteroatoms. The van der Waals surface area contributed by atoms with Crippen molar-refractivity contribution in [2.75, 3.05) is 41.1 Å². The molecule has 0 saturated carbocycles. The third-order valence-corrected chi connectivity index (χ3v) is 6.04. The van der Waals surface area contributed by atoms with Gasteiger partial charge in [-0.3, -0.25) is 0 Å². The van der Waals surface area contributed by atoms with Crippen molar-refractivity contribution < 1.29 is 23.1 Å². The molecule has 0 unspecified atom stereocenters. The Morgan fingerprint density at radius 1 is 1.15 bits per heavy atom. The number of fused-ring (bicyclic) bond motifs is 1. The van der Waals surface area contributed by atoms with E-state index in [1.165, 1.54) is 29.8 Å². The van der Waals surface area contributed by atoms with Crippen LogP contribution >= 0.6 is 11.8 Å². The highest BCUT2D eigenvalue weighted by atomic mass is 32.2. The van der Waals surface area contributed by atoms with Crippen molar-refractivity contribution in [2.24, 2.45) is 0 Å². The topological polar surface area (TPSA) is 72.2 Å².